The molecule has 1 unspecified atom stereocenters. The second-order valence-electron chi connectivity index (χ2n) is 5.01. The third-order valence-electron chi connectivity index (χ3n) is 3.74. The summed E-state index contributed by atoms with van der Waals surface area (Å²) in [7, 11) is 1.91. The minimum atomic E-state index is 0.661. The summed E-state index contributed by atoms with van der Waals surface area (Å²) in [6.45, 7) is 10.3. The molecule has 1 N–H and O–H groups in total. The molecule has 1 fully saturated rings. The molecule has 1 atom stereocenters. The first-order valence-corrected chi connectivity index (χ1v) is 6.82. The molecular weight excluding hydrogens is 224 g/mol. The largest absolute Gasteiger partial charge is 0.373 e. The molecule has 0 aliphatic carbocycles. The van der Waals surface area contributed by atoms with Crippen LogP contribution in [0.4, 0.5) is 5.82 Å². The monoisotopic (exact) mass is 248 g/mol. The summed E-state index contributed by atoms with van der Waals surface area (Å²) in [4.78, 5) is 9.33. The lowest BCUT2D eigenvalue weighted by Crippen LogP contribution is -2.51. The summed E-state index contributed by atoms with van der Waals surface area (Å²) >= 11 is 0. The van der Waals surface area contributed by atoms with E-state index < -0.39 is 0 Å². The Balaban J connectivity index is 1.93. The summed E-state index contributed by atoms with van der Waals surface area (Å²) in [6.07, 6.45) is 1.88. The average Bonchev–Trinajstić information content (AvgIpc) is 2.39. The van der Waals surface area contributed by atoms with E-state index in [1.165, 1.54) is 12.1 Å². The molecule has 4 nitrogen and oxygen atoms in total. The predicted molar refractivity (Wildman–Crippen MR) is 75.8 cm³/mol. The van der Waals surface area contributed by atoms with Gasteiger partial charge in [-0.1, -0.05) is 6.92 Å². The zero-order chi connectivity index (χ0) is 13.0. The molecule has 4 heteroatoms. The third kappa shape index (κ3) is 3.21. The van der Waals surface area contributed by atoms with Gasteiger partial charge in [-0.3, -0.25) is 9.80 Å². The van der Waals surface area contributed by atoms with Gasteiger partial charge in [-0.15, -0.1) is 0 Å². The van der Waals surface area contributed by atoms with Gasteiger partial charge < -0.3 is 5.32 Å². The molecule has 0 aromatic carbocycles. The molecule has 0 bridgehead atoms. The maximum atomic E-state index is 4.25. The van der Waals surface area contributed by atoms with E-state index in [1.807, 2.05) is 13.2 Å². The number of hydrogen-bond acceptors (Lipinski definition) is 4. The van der Waals surface area contributed by atoms with Crippen molar-refractivity contribution in [3.05, 3.63) is 23.9 Å². The quantitative estimate of drug-likeness (QED) is 0.878. The lowest BCUT2D eigenvalue weighted by atomic mass is 10.1. The van der Waals surface area contributed by atoms with Crippen LogP contribution in [0.15, 0.2) is 18.3 Å². The molecule has 100 valence electrons. The van der Waals surface area contributed by atoms with Gasteiger partial charge in [0.05, 0.1) is 0 Å². The second kappa shape index (κ2) is 6.16. The lowest BCUT2D eigenvalue weighted by Gasteiger charge is -2.39. The highest BCUT2D eigenvalue weighted by Gasteiger charge is 2.22. The molecule has 2 heterocycles. The van der Waals surface area contributed by atoms with Crippen molar-refractivity contribution in [1.82, 2.24) is 14.8 Å². The fourth-order valence-corrected chi connectivity index (χ4v) is 2.65. The smallest absolute Gasteiger partial charge is 0.125 e. The van der Waals surface area contributed by atoms with Crippen LogP contribution in [0.2, 0.25) is 0 Å². The zero-order valence-electron chi connectivity index (χ0n) is 11.7. The van der Waals surface area contributed by atoms with Crippen LogP contribution in [0, 0.1) is 0 Å². The molecule has 0 saturated carbocycles. The fraction of sp³-hybridized carbons (Fsp3) is 0.643. The Labute approximate surface area is 110 Å². The van der Waals surface area contributed by atoms with Gasteiger partial charge in [0.1, 0.15) is 5.82 Å². The molecule has 18 heavy (non-hydrogen) atoms. The molecule has 1 aromatic heterocycles. The highest BCUT2D eigenvalue weighted by atomic mass is 15.3. The maximum absolute atomic E-state index is 4.25. The standard InChI is InChI=1S/C14H24N4/c1-4-18-8-7-17(10-12(18)2)11-13-5-6-16-14(9-13)15-3/h5-6,9,12H,4,7-8,10-11H2,1-3H3,(H,15,16). The summed E-state index contributed by atoms with van der Waals surface area (Å²) in [5.74, 6) is 0.952. The number of piperazine rings is 1. The van der Waals surface area contributed by atoms with E-state index in [2.05, 4.69) is 46.1 Å². The Morgan fingerprint density at radius 2 is 2.28 bits per heavy atom. The number of pyridine rings is 1. The van der Waals surface area contributed by atoms with Gasteiger partial charge in [-0.05, 0) is 31.2 Å². The van der Waals surface area contributed by atoms with Crippen molar-refractivity contribution in [3.8, 4) is 0 Å². The number of rotatable bonds is 4. The van der Waals surface area contributed by atoms with Gasteiger partial charge >= 0.3 is 0 Å². The van der Waals surface area contributed by atoms with Gasteiger partial charge in [0.25, 0.3) is 0 Å². The lowest BCUT2D eigenvalue weighted by molar-refractivity contribution is 0.0834. The molecule has 0 amide bonds. The van der Waals surface area contributed by atoms with Crippen LogP contribution in [-0.2, 0) is 6.54 Å². The van der Waals surface area contributed by atoms with Gasteiger partial charge in [-0.2, -0.15) is 0 Å². The first kappa shape index (κ1) is 13.3. The SMILES string of the molecule is CCN1CCN(Cc2ccnc(NC)c2)CC1C. The van der Waals surface area contributed by atoms with Gasteiger partial charge in [0, 0.05) is 45.5 Å². The number of nitrogens with zero attached hydrogens (tertiary/aromatic N) is 3. The highest BCUT2D eigenvalue weighted by molar-refractivity contribution is 5.36. The predicted octanol–water partition coefficient (Wildman–Crippen LogP) is 1.65. The number of hydrogen-bond donors (Lipinski definition) is 1. The molecule has 0 radical (unpaired) electrons. The Morgan fingerprint density at radius 3 is 2.94 bits per heavy atom. The van der Waals surface area contributed by atoms with Crippen LogP contribution in [-0.4, -0.2) is 54.1 Å². The Bertz CT molecular complexity index is 380. The van der Waals surface area contributed by atoms with Crippen LogP contribution in [0.5, 0.6) is 0 Å². The van der Waals surface area contributed by atoms with Crippen LogP contribution < -0.4 is 5.32 Å². The number of nitrogens with one attached hydrogen (secondary N) is 1. The van der Waals surface area contributed by atoms with Crippen LogP contribution in [0.3, 0.4) is 0 Å². The van der Waals surface area contributed by atoms with Gasteiger partial charge in [-0.25, -0.2) is 4.98 Å². The Kier molecular flexibility index (Phi) is 4.55. The average molecular weight is 248 g/mol. The van der Waals surface area contributed by atoms with Crippen molar-refractivity contribution in [2.75, 3.05) is 38.5 Å². The molecule has 1 aliphatic rings. The van der Waals surface area contributed by atoms with Crippen molar-refractivity contribution in [1.29, 1.82) is 0 Å². The zero-order valence-corrected chi connectivity index (χ0v) is 11.7. The van der Waals surface area contributed by atoms with E-state index in [9.17, 15) is 0 Å². The topological polar surface area (TPSA) is 31.4 Å². The van der Waals surface area contributed by atoms with Crippen LogP contribution in [0.1, 0.15) is 19.4 Å². The summed E-state index contributed by atoms with van der Waals surface area (Å²) in [5, 5.41) is 3.09. The fourth-order valence-electron chi connectivity index (χ4n) is 2.65. The Hall–Kier alpha value is -1.13. The summed E-state index contributed by atoms with van der Waals surface area (Å²) in [5.41, 5.74) is 1.34. The number of anilines is 1. The molecule has 1 saturated heterocycles. The van der Waals surface area contributed by atoms with Crippen molar-refractivity contribution in [2.45, 2.75) is 26.4 Å². The molecule has 1 aromatic rings. The van der Waals surface area contributed by atoms with Crippen molar-refractivity contribution in [2.24, 2.45) is 0 Å². The second-order valence-corrected chi connectivity index (χ2v) is 5.01. The van der Waals surface area contributed by atoms with E-state index in [0.717, 1.165) is 32.0 Å². The van der Waals surface area contributed by atoms with Crippen LogP contribution in [0.25, 0.3) is 0 Å². The molecular formula is C14H24N4. The van der Waals surface area contributed by atoms with Crippen molar-refractivity contribution >= 4 is 5.82 Å². The summed E-state index contributed by atoms with van der Waals surface area (Å²) < 4.78 is 0. The van der Waals surface area contributed by atoms with Gasteiger partial charge in [0.15, 0.2) is 0 Å². The minimum Gasteiger partial charge on any atom is -0.373 e. The molecule has 1 aliphatic heterocycles. The molecule has 0 spiro atoms. The first-order chi connectivity index (χ1) is 8.72. The maximum Gasteiger partial charge on any atom is 0.125 e. The number of likely N-dealkylation sites (N-methyl/N-ethyl adjacent to an activating group) is 1. The number of aromatic nitrogens is 1. The van der Waals surface area contributed by atoms with E-state index in [1.54, 1.807) is 0 Å². The van der Waals surface area contributed by atoms with Crippen molar-refractivity contribution in [3.63, 3.8) is 0 Å². The van der Waals surface area contributed by atoms with E-state index in [-0.39, 0.29) is 0 Å². The molecule has 2 rings (SSSR count). The van der Waals surface area contributed by atoms with E-state index in [4.69, 9.17) is 0 Å². The summed E-state index contributed by atoms with van der Waals surface area (Å²) in [6, 6.07) is 4.91. The van der Waals surface area contributed by atoms with E-state index >= 15 is 0 Å². The first-order valence-electron chi connectivity index (χ1n) is 6.82. The van der Waals surface area contributed by atoms with Crippen molar-refractivity contribution < 1.29 is 0 Å². The third-order valence-corrected chi connectivity index (χ3v) is 3.74. The van der Waals surface area contributed by atoms with Crippen LogP contribution >= 0.6 is 0 Å². The Morgan fingerprint density at radius 1 is 1.44 bits per heavy atom. The minimum absolute atomic E-state index is 0.661. The van der Waals surface area contributed by atoms with Gasteiger partial charge in [0.2, 0.25) is 0 Å². The normalized spacial score (nSPS) is 22.1. The van der Waals surface area contributed by atoms with E-state index in [0.29, 0.717) is 6.04 Å². The highest BCUT2D eigenvalue weighted by Crippen LogP contribution is 2.14.